The summed E-state index contributed by atoms with van der Waals surface area (Å²) in [5, 5.41) is 14.2. The maximum atomic E-state index is 12.6. The molecule has 0 radical (unpaired) electrons. The Morgan fingerprint density at radius 2 is 1.83 bits per heavy atom. The Morgan fingerprint density at radius 1 is 1.17 bits per heavy atom. The molecule has 6 N–H and O–H groups in total. The zero-order chi connectivity index (χ0) is 21.4. The van der Waals surface area contributed by atoms with Gasteiger partial charge in [0.2, 0.25) is 5.78 Å². The molecule has 7 heteroatoms. The SMILES string of the molecule is CNC1(c2ccccc2)CCC2(CC1)C[C@@H](C(CC1(O)CCC1)C(=O)C(N)=O)NN2. The van der Waals surface area contributed by atoms with Crippen molar-refractivity contribution in [2.24, 2.45) is 11.7 Å². The van der Waals surface area contributed by atoms with Gasteiger partial charge in [-0.1, -0.05) is 30.3 Å². The molecule has 1 aromatic carbocycles. The number of amides is 1. The van der Waals surface area contributed by atoms with E-state index in [1.807, 2.05) is 13.1 Å². The maximum Gasteiger partial charge on any atom is 0.285 e. The Bertz CT molecular complexity index is 785. The Kier molecular flexibility index (Phi) is 5.74. The molecule has 3 aliphatic rings. The number of hydrazine groups is 1. The quantitative estimate of drug-likeness (QED) is 0.429. The number of aliphatic hydroxyl groups is 1. The zero-order valence-electron chi connectivity index (χ0n) is 17.7. The summed E-state index contributed by atoms with van der Waals surface area (Å²) in [6.07, 6.45) is 7.24. The number of carbonyl (C=O) groups excluding carboxylic acids is 2. The highest BCUT2D eigenvalue weighted by Gasteiger charge is 2.51. The van der Waals surface area contributed by atoms with Gasteiger partial charge in [-0.3, -0.25) is 20.4 Å². The molecule has 4 rings (SSSR count). The second kappa shape index (κ2) is 8.04. The van der Waals surface area contributed by atoms with Crippen molar-refractivity contribution < 1.29 is 14.7 Å². The fourth-order valence-corrected chi connectivity index (χ4v) is 5.74. The third kappa shape index (κ3) is 3.91. The lowest BCUT2D eigenvalue weighted by molar-refractivity contribution is -0.141. The molecule has 1 saturated heterocycles. The molecule has 1 heterocycles. The van der Waals surface area contributed by atoms with Crippen molar-refractivity contribution in [2.45, 2.75) is 80.5 Å². The smallest absolute Gasteiger partial charge is 0.285 e. The summed E-state index contributed by atoms with van der Waals surface area (Å²) in [6, 6.07) is 10.4. The third-order valence-electron chi connectivity index (χ3n) is 7.95. The van der Waals surface area contributed by atoms with Gasteiger partial charge in [-0.2, -0.15) is 0 Å². The first-order valence-corrected chi connectivity index (χ1v) is 11.1. The number of benzene rings is 1. The Hall–Kier alpha value is -1.80. The fourth-order valence-electron chi connectivity index (χ4n) is 5.74. The molecule has 164 valence electrons. The van der Waals surface area contributed by atoms with Gasteiger partial charge < -0.3 is 16.2 Å². The fraction of sp³-hybridized carbons (Fsp3) is 0.652. The summed E-state index contributed by atoms with van der Waals surface area (Å²) < 4.78 is 0. The Morgan fingerprint density at radius 3 is 2.37 bits per heavy atom. The standard InChI is InChI=1S/C23H34N4O3/c1-25-23(16-6-3-2-4-7-16)12-10-21(11-13-23)15-18(26-27-21)17(19(28)20(24)29)14-22(30)8-5-9-22/h2-4,6-7,17-18,25-27,30H,5,8-15H2,1H3,(H2,24,29)/t17?,18-,21?,23?/m0/s1. The van der Waals surface area contributed by atoms with Gasteiger partial charge in [0.1, 0.15) is 0 Å². The largest absolute Gasteiger partial charge is 0.390 e. The molecule has 3 fully saturated rings. The number of rotatable bonds is 7. The summed E-state index contributed by atoms with van der Waals surface area (Å²) in [7, 11) is 2.02. The summed E-state index contributed by atoms with van der Waals surface area (Å²) in [5.41, 5.74) is 12.4. The molecule has 1 aliphatic heterocycles. The van der Waals surface area contributed by atoms with Gasteiger partial charge in [0, 0.05) is 23.0 Å². The van der Waals surface area contributed by atoms with E-state index in [0.717, 1.165) is 38.5 Å². The molecular formula is C23H34N4O3. The van der Waals surface area contributed by atoms with Crippen molar-refractivity contribution in [3.05, 3.63) is 35.9 Å². The van der Waals surface area contributed by atoms with Crippen LogP contribution in [-0.4, -0.2) is 41.0 Å². The molecule has 1 aromatic rings. The van der Waals surface area contributed by atoms with E-state index in [1.54, 1.807) is 0 Å². The van der Waals surface area contributed by atoms with Crippen molar-refractivity contribution in [3.8, 4) is 0 Å². The van der Waals surface area contributed by atoms with Crippen LogP contribution >= 0.6 is 0 Å². The molecule has 2 aliphatic carbocycles. The van der Waals surface area contributed by atoms with Crippen LogP contribution in [0.5, 0.6) is 0 Å². The number of hydrogen-bond acceptors (Lipinski definition) is 6. The molecule has 2 saturated carbocycles. The normalized spacial score (nSPS) is 33.7. The van der Waals surface area contributed by atoms with Crippen molar-refractivity contribution in [1.29, 1.82) is 0 Å². The van der Waals surface area contributed by atoms with Gasteiger partial charge in [-0.05, 0) is 70.4 Å². The van der Waals surface area contributed by atoms with Crippen LogP contribution in [0.15, 0.2) is 30.3 Å². The van der Waals surface area contributed by atoms with Gasteiger partial charge in [0.05, 0.1) is 5.60 Å². The van der Waals surface area contributed by atoms with Crippen LogP contribution in [0.25, 0.3) is 0 Å². The van der Waals surface area contributed by atoms with E-state index in [2.05, 4.69) is 40.4 Å². The highest BCUT2D eigenvalue weighted by atomic mass is 16.3. The average molecular weight is 415 g/mol. The molecule has 1 unspecified atom stereocenters. The first kappa shape index (κ1) is 21.4. The van der Waals surface area contributed by atoms with Gasteiger partial charge in [-0.25, -0.2) is 0 Å². The monoisotopic (exact) mass is 414 g/mol. The topological polar surface area (TPSA) is 116 Å². The van der Waals surface area contributed by atoms with Crippen molar-refractivity contribution in [1.82, 2.24) is 16.2 Å². The minimum atomic E-state index is -0.910. The summed E-state index contributed by atoms with van der Waals surface area (Å²) in [4.78, 5) is 24.3. The highest BCUT2D eigenvalue weighted by molar-refractivity contribution is 6.36. The number of carbonyl (C=O) groups is 2. The van der Waals surface area contributed by atoms with Gasteiger partial charge in [0.25, 0.3) is 5.91 Å². The van der Waals surface area contributed by atoms with Crippen molar-refractivity contribution in [2.75, 3.05) is 7.05 Å². The van der Waals surface area contributed by atoms with E-state index in [4.69, 9.17) is 5.73 Å². The number of primary amides is 1. The minimum absolute atomic E-state index is 0.0458. The summed E-state index contributed by atoms with van der Waals surface area (Å²) in [5.74, 6) is -2.08. The molecule has 30 heavy (non-hydrogen) atoms. The molecule has 0 aromatic heterocycles. The van der Waals surface area contributed by atoms with Crippen LogP contribution in [0.3, 0.4) is 0 Å². The summed E-state index contributed by atoms with van der Waals surface area (Å²) >= 11 is 0. The van der Waals surface area contributed by atoms with E-state index in [0.29, 0.717) is 19.3 Å². The van der Waals surface area contributed by atoms with Crippen LogP contribution in [0, 0.1) is 5.92 Å². The molecule has 0 bridgehead atoms. The predicted octanol–water partition coefficient (Wildman–Crippen LogP) is 1.26. The van der Waals surface area contributed by atoms with E-state index < -0.39 is 23.2 Å². The number of hydrogen-bond donors (Lipinski definition) is 5. The Balaban J connectivity index is 1.46. The van der Waals surface area contributed by atoms with E-state index >= 15 is 0 Å². The van der Waals surface area contributed by atoms with Crippen molar-refractivity contribution >= 4 is 11.7 Å². The van der Waals surface area contributed by atoms with Crippen LogP contribution in [-0.2, 0) is 15.1 Å². The van der Waals surface area contributed by atoms with Crippen molar-refractivity contribution in [3.63, 3.8) is 0 Å². The predicted molar refractivity (Wildman–Crippen MR) is 114 cm³/mol. The van der Waals surface area contributed by atoms with E-state index in [1.165, 1.54) is 5.56 Å². The van der Waals surface area contributed by atoms with Crippen LogP contribution < -0.4 is 21.9 Å². The van der Waals surface area contributed by atoms with E-state index in [-0.39, 0.29) is 17.1 Å². The molecule has 7 nitrogen and oxygen atoms in total. The second-order valence-electron chi connectivity index (χ2n) is 9.68. The average Bonchev–Trinajstić information content (AvgIpc) is 3.15. The minimum Gasteiger partial charge on any atom is -0.390 e. The first-order valence-electron chi connectivity index (χ1n) is 11.1. The lowest BCUT2D eigenvalue weighted by Gasteiger charge is -2.45. The van der Waals surface area contributed by atoms with Crippen LogP contribution in [0.2, 0.25) is 0 Å². The van der Waals surface area contributed by atoms with Gasteiger partial charge in [0.15, 0.2) is 0 Å². The lowest BCUT2D eigenvalue weighted by atomic mass is 9.66. The summed E-state index contributed by atoms with van der Waals surface area (Å²) in [6.45, 7) is 0. The number of Topliss-reactive ketones (excluding diaryl/α,β-unsaturated/α-hetero) is 1. The molecular weight excluding hydrogens is 380 g/mol. The number of nitrogens with one attached hydrogen (secondary N) is 3. The third-order valence-corrected chi connectivity index (χ3v) is 7.95. The van der Waals surface area contributed by atoms with Crippen LogP contribution in [0.4, 0.5) is 0 Å². The van der Waals surface area contributed by atoms with Gasteiger partial charge in [-0.15, -0.1) is 0 Å². The molecule has 1 amide bonds. The van der Waals surface area contributed by atoms with E-state index in [9.17, 15) is 14.7 Å². The number of ketones is 1. The second-order valence-corrected chi connectivity index (χ2v) is 9.68. The first-order chi connectivity index (χ1) is 14.3. The van der Waals surface area contributed by atoms with Crippen LogP contribution in [0.1, 0.15) is 63.4 Å². The number of nitrogens with two attached hydrogens (primary N) is 1. The van der Waals surface area contributed by atoms with Gasteiger partial charge >= 0.3 is 0 Å². The Labute approximate surface area is 178 Å². The lowest BCUT2D eigenvalue weighted by Crippen LogP contribution is -2.53. The zero-order valence-corrected chi connectivity index (χ0v) is 17.7. The maximum absolute atomic E-state index is 12.6. The molecule has 1 spiro atoms. The molecule has 2 atom stereocenters. The highest BCUT2D eigenvalue weighted by Crippen LogP contribution is 2.46.